The van der Waals surface area contributed by atoms with Gasteiger partial charge >= 0.3 is 0 Å². The number of sulfone groups is 1. The first-order valence-electron chi connectivity index (χ1n) is 10.0. The van der Waals surface area contributed by atoms with Crippen molar-refractivity contribution in [1.29, 1.82) is 0 Å². The molecule has 0 saturated heterocycles. The van der Waals surface area contributed by atoms with Gasteiger partial charge in [0.25, 0.3) is 0 Å². The minimum atomic E-state index is -3.25. The number of nitrogens with zero attached hydrogens (tertiary/aromatic N) is 2. The molecule has 3 aromatic rings. The summed E-state index contributed by atoms with van der Waals surface area (Å²) in [6.45, 7) is 4.25. The molecule has 0 radical (unpaired) electrons. The van der Waals surface area contributed by atoms with Crippen LogP contribution in [0.3, 0.4) is 0 Å². The zero-order chi connectivity index (χ0) is 23.3. The van der Waals surface area contributed by atoms with Gasteiger partial charge in [0.2, 0.25) is 5.91 Å². The molecule has 8 heteroatoms. The predicted molar refractivity (Wildman–Crippen MR) is 127 cm³/mol. The summed E-state index contributed by atoms with van der Waals surface area (Å²) in [5.74, 6) is 0.548. The molecular weight excluding hydrogens is 444 g/mol. The summed E-state index contributed by atoms with van der Waals surface area (Å²) in [4.78, 5) is 18.9. The predicted octanol–water partition coefficient (Wildman–Crippen LogP) is 4.67. The van der Waals surface area contributed by atoms with E-state index in [2.05, 4.69) is 4.98 Å². The minimum Gasteiger partial charge on any atom is -0.487 e. The van der Waals surface area contributed by atoms with Crippen molar-refractivity contribution >= 4 is 33.2 Å². The molecule has 1 amide bonds. The Morgan fingerprint density at radius 3 is 2.56 bits per heavy atom. The lowest BCUT2D eigenvalue weighted by Crippen LogP contribution is -2.28. The maximum atomic E-state index is 12.7. The Balaban J connectivity index is 1.62. The highest BCUT2D eigenvalue weighted by Gasteiger charge is 2.16. The van der Waals surface area contributed by atoms with Crippen LogP contribution in [0.25, 0.3) is 6.08 Å². The van der Waals surface area contributed by atoms with Crippen molar-refractivity contribution in [2.75, 3.05) is 13.3 Å². The van der Waals surface area contributed by atoms with E-state index in [1.165, 1.54) is 12.3 Å². The first-order chi connectivity index (χ1) is 15.1. The van der Waals surface area contributed by atoms with Crippen molar-refractivity contribution in [1.82, 2.24) is 9.88 Å². The van der Waals surface area contributed by atoms with Crippen molar-refractivity contribution in [2.24, 2.45) is 0 Å². The van der Waals surface area contributed by atoms with Crippen LogP contribution in [0.2, 0.25) is 0 Å². The number of thiazole rings is 1. The highest BCUT2D eigenvalue weighted by molar-refractivity contribution is 7.90. The van der Waals surface area contributed by atoms with Crippen molar-refractivity contribution in [3.8, 4) is 5.75 Å². The van der Waals surface area contributed by atoms with Gasteiger partial charge in [0.05, 0.1) is 21.6 Å². The molecule has 168 valence electrons. The van der Waals surface area contributed by atoms with Gasteiger partial charge < -0.3 is 9.64 Å². The van der Waals surface area contributed by atoms with E-state index in [0.29, 0.717) is 12.4 Å². The largest absolute Gasteiger partial charge is 0.487 e. The monoisotopic (exact) mass is 470 g/mol. The second-order valence-corrected chi connectivity index (χ2v) is 10.6. The van der Waals surface area contributed by atoms with Crippen molar-refractivity contribution < 1.29 is 17.9 Å². The third kappa shape index (κ3) is 6.27. The third-order valence-corrected chi connectivity index (χ3v) is 7.00. The maximum Gasteiger partial charge on any atom is 0.246 e. The smallest absolute Gasteiger partial charge is 0.246 e. The van der Waals surface area contributed by atoms with Gasteiger partial charge in [-0.15, -0.1) is 11.3 Å². The summed E-state index contributed by atoms with van der Waals surface area (Å²) < 4.78 is 29.1. The van der Waals surface area contributed by atoms with E-state index in [1.54, 1.807) is 53.6 Å². The number of ether oxygens (including phenoxy) is 1. The van der Waals surface area contributed by atoms with Crippen LogP contribution in [0.1, 0.15) is 34.8 Å². The lowest BCUT2D eigenvalue weighted by atomic mass is 10.1. The summed E-state index contributed by atoms with van der Waals surface area (Å²) in [6, 6.07) is 13.9. The second-order valence-electron chi connectivity index (χ2n) is 7.52. The van der Waals surface area contributed by atoms with Crippen LogP contribution in [0, 0.1) is 6.92 Å². The van der Waals surface area contributed by atoms with Gasteiger partial charge in [0.15, 0.2) is 9.84 Å². The number of hydrogen-bond acceptors (Lipinski definition) is 6. The van der Waals surface area contributed by atoms with Crippen LogP contribution >= 0.6 is 11.3 Å². The Hall–Kier alpha value is -2.97. The van der Waals surface area contributed by atoms with Crippen LogP contribution in [-0.4, -0.2) is 37.5 Å². The molecule has 0 fully saturated rings. The highest BCUT2D eigenvalue weighted by Crippen LogP contribution is 2.22. The lowest BCUT2D eigenvalue weighted by Gasteiger charge is -2.24. The normalized spacial score (nSPS) is 12.6. The van der Waals surface area contributed by atoms with Gasteiger partial charge in [0.1, 0.15) is 12.4 Å². The zero-order valence-corrected chi connectivity index (χ0v) is 20.1. The molecule has 0 aliphatic heterocycles. The van der Waals surface area contributed by atoms with Crippen LogP contribution in [0.15, 0.2) is 64.9 Å². The molecule has 0 spiro atoms. The molecule has 0 aliphatic rings. The second kappa shape index (κ2) is 10.1. The zero-order valence-electron chi connectivity index (χ0n) is 18.5. The standard InChI is InChI=1S/C24H26N2O4S2/c1-17(20-9-11-23(12-10-20)32(4,28)29)26(3)24(27)13-8-19-6-5-7-22(14-19)30-15-21-16-31-18(2)25-21/h5-14,16-17H,15H2,1-4H3/b13-8+. The van der Waals surface area contributed by atoms with Gasteiger partial charge in [-0.25, -0.2) is 13.4 Å². The number of aromatic nitrogens is 1. The first-order valence-corrected chi connectivity index (χ1v) is 12.8. The molecule has 32 heavy (non-hydrogen) atoms. The average molecular weight is 471 g/mol. The average Bonchev–Trinajstić information content (AvgIpc) is 3.20. The van der Waals surface area contributed by atoms with Crippen LogP contribution < -0.4 is 4.74 Å². The fourth-order valence-corrected chi connectivity index (χ4v) is 4.26. The van der Waals surface area contributed by atoms with E-state index >= 15 is 0 Å². The van der Waals surface area contributed by atoms with E-state index in [-0.39, 0.29) is 16.8 Å². The Kier molecular flexibility index (Phi) is 7.48. The van der Waals surface area contributed by atoms with Crippen molar-refractivity contribution in [3.63, 3.8) is 0 Å². The molecule has 0 saturated carbocycles. The van der Waals surface area contributed by atoms with Gasteiger partial charge in [0, 0.05) is 24.8 Å². The summed E-state index contributed by atoms with van der Waals surface area (Å²) in [6.07, 6.45) is 4.44. The summed E-state index contributed by atoms with van der Waals surface area (Å²) >= 11 is 1.59. The van der Waals surface area contributed by atoms with Gasteiger partial charge in [-0.1, -0.05) is 24.3 Å². The number of rotatable bonds is 8. The summed E-state index contributed by atoms with van der Waals surface area (Å²) in [5.41, 5.74) is 2.60. The van der Waals surface area contributed by atoms with Gasteiger partial charge in [-0.2, -0.15) is 0 Å². The van der Waals surface area contributed by atoms with Crippen LogP contribution in [-0.2, 0) is 21.2 Å². The fourth-order valence-electron chi connectivity index (χ4n) is 3.03. The molecule has 1 aromatic heterocycles. The van der Waals surface area contributed by atoms with E-state index in [1.807, 2.05) is 43.5 Å². The number of carbonyl (C=O) groups is 1. The maximum absolute atomic E-state index is 12.7. The SMILES string of the molecule is Cc1nc(COc2cccc(/C=C/C(=O)N(C)C(C)c3ccc(S(C)(=O)=O)cc3)c2)cs1. The topological polar surface area (TPSA) is 76.6 Å². The molecule has 0 aliphatic carbocycles. The quantitative estimate of drug-likeness (QED) is 0.447. The molecule has 1 heterocycles. The van der Waals surface area contributed by atoms with E-state index in [9.17, 15) is 13.2 Å². The van der Waals surface area contributed by atoms with Crippen LogP contribution in [0.4, 0.5) is 0 Å². The Morgan fingerprint density at radius 2 is 1.94 bits per heavy atom. The number of carbonyl (C=O) groups excluding carboxylic acids is 1. The fraction of sp³-hybridized carbons (Fsp3) is 0.250. The van der Waals surface area contributed by atoms with Gasteiger partial charge in [-0.05, 0) is 55.3 Å². The van der Waals surface area contributed by atoms with Crippen LogP contribution in [0.5, 0.6) is 5.75 Å². The van der Waals surface area contributed by atoms with E-state index in [4.69, 9.17) is 4.74 Å². The van der Waals surface area contributed by atoms with Crippen molar-refractivity contribution in [2.45, 2.75) is 31.4 Å². The molecular formula is C24H26N2O4S2. The number of aryl methyl sites for hydroxylation is 1. The first kappa shape index (κ1) is 23.7. The summed E-state index contributed by atoms with van der Waals surface area (Å²) in [5, 5.41) is 2.98. The minimum absolute atomic E-state index is 0.158. The molecule has 1 unspecified atom stereocenters. The molecule has 0 bridgehead atoms. The number of likely N-dealkylation sites (N-methyl/N-ethyl adjacent to an activating group) is 1. The van der Waals surface area contributed by atoms with E-state index in [0.717, 1.165) is 21.8 Å². The molecule has 0 N–H and O–H groups in total. The van der Waals surface area contributed by atoms with Crippen molar-refractivity contribution in [3.05, 3.63) is 81.8 Å². The molecule has 6 nitrogen and oxygen atoms in total. The number of benzene rings is 2. The van der Waals surface area contributed by atoms with E-state index < -0.39 is 9.84 Å². The molecule has 2 aromatic carbocycles. The number of amides is 1. The molecule has 3 rings (SSSR count). The Labute approximate surface area is 193 Å². The lowest BCUT2D eigenvalue weighted by molar-refractivity contribution is -0.126. The Bertz CT molecular complexity index is 1210. The Morgan fingerprint density at radius 1 is 1.22 bits per heavy atom. The highest BCUT2D eigenvalue weighted by atomic mass is 32.2. The van der Waals surface area contributed by atoms with Gasteiger partial charge in [-0.3, -0.25) is 4.79 Å². The number of hydrogen-bond donors (Lipinski definition) is 0. The summed E-state index contributed by atoms with van der Waals surface area (Å²) in [7, 11) is -1.53. The molecule has 1 atom stereocenters. The third-order valence-electron chi connectivity index (χ3n) is 5.05.